The molecule has 0 aliphatic carbocycles. The molecule has 0 saturated carbocycles. The number of rotatable bonds is 9. The molecule has 1 aromatic carbocycles. The number of fused-ring (bicyclic) bond motifs is 1. The third-order valence-corrected chi connectivity index (χ3v) is 6.83. The number of H-pyrrole nitrogens is 1. The first-order chi connectivity index (χ1) is 18.9. The van der Waals surface area contributed by atoms with Crippen LogP contribution in [0.4, 0.5) is 11.6 Å². The van der Waals surface area contributed by atoms with E-state index < -0.39 is 5.97 Å². The van der Waals surface area contributed by atoms with E-state index in [1.165, 1.54) is 12.4 Å². The van der Waals surface area contributed by atoms with Crippen LogP contribution in [-0.2, 0) is 13.5 Å². The molecule has 12 heteroatoms. The predicted molar refractivity (Wildman–Crippen MR) is 148 cm³/mol. The molecule has 0 atom stereocenters. The second-order valence-corrected chi connectivity index (χ2v) is 9.56. The smallest absolute Gasteiger partial charge is 0.338 e. The van der Waals surface area contributed by atoms with Crippen molar-refractivity contribution < 1.29 is 14.6 Å². The Bertz CT molecular complexity index is 1540. The Morgan fingerprint density at radius 3 is 2.62 bits per heavy atom. The number of anilines is 2. The molecule has 0 bridgehead atoms. The zero-order valence-corrected chi connectivity index (χ0v) is 22.3. The fraction of sp³-hybridized carbons (Fsp3) is 0.407. The highest BCUT2D eigenvalue weighted by Crippen LogP contribution is 2.32. The average Bonchev–Trinajstić information content (AvgIpc) is 3.25. The van der Waals surface area contributed by atoms with Gasteiger partial charge in [-0.15, -0.1) is 0 Å². The number of hydrogen-bond donors (Lipinski definition) is 3. The number of nitrogens with zero attached hydrogens (tertiary/aromatic N) is 6. The molecular formula is C27H32N8O4. The number of hydrogen-bond acceptors (Lipinski definition) is 9. The van der Waals surface area contributed by atoms with Crippen LogP contribution in [0.3, 0.4) is 0 Å². The lowest BCUT2D eigenvalue weighted by Crippen LogP contribution is -2.40. The molecule has 0 radical (unpaired) electrons. The quantitative estimate of drug-likeness (QED) is 0.293. The summed E-state index contributed by atoms with van der Waals surface area (Å²) in [5.74, 6) is 0.579. The van der Waals surface area contributed by atoms with Crippen molar-refractivity contribution in [3.8, 4) is 17.1 Å². The van der Waals surface area contributed by atoms with Crippen molar-refractivity contribution >= 4 is 28.6 Å². The second kappa shape index (κ2) is 11.1. The number of aromatic carboxylic acids is 1. The number of carboxylic acids is 1. The molecule has 3 N–H and O–H groups in total. The van der Waals surface area contributed by atoms with Gasteiger partial charge >= 0.3 is 5.97 Å². The van der Waals surface area contributed by atoms with Crippen LogP contribution in [0.25, 0.3) is 22.4 Å². The molecule has 1 saturated heterocycles. The zero-order valence-electron chi connectivity index (χ0n) is 22.3. The van der Waals surface area contributed by atoms with Crippen molar-refractivity contribution in [1.29, 1.82) is 0 Å². The molecule has 5 rings (SSSR count). The van der Waals surface area contributed by atoms with Crippen LogP contribution in [0.2, 0.25) is 0 Å². The van der Waals surface area contributed by atoms with E-state index in [0.717, 1.165) is 50.2 Å². The van der Waals surface area contributed by atoms with Crippen LogP contribution in [0.1, 0.15) is 49.2 Å². The van der Waals surface area contributed by atoms with Crippen LogP contribution < -0.4 is 20.5 Å². The number of carboxylic acid groups (broad SMARTS) is 1. The second-order valence-electron chi connectivity index (χ2n) is 9.56. The van der Waals surface area contributed by atoms with Gasteiger partial charge in [0.2, 0.25) is 5.95 Å². The number of aryl methyl sites for hydroxylation is 2. The molecule has 0 amide bonds. The third-order valence-electron chi connectivity index (χ3n) is 6.83. The van der Waals surface area contributed by atoms with E-state index in [2.05, 4.69) is 42.2 Å². The monoisotopic (exact) mass is 532 g/mol. The van der Waals surface area contributed by atoms with Crippen molar-refractivity contribution in [1.82, 2.24) is 29.7 Å². The highest BCUT2D eigenvalue weighted by Gasteiger charge is 2.22. The van der Waals surface area contributed by atoms with Gasteiger partial charge in [0.05, 0.1) is 28.9 Å². The van der Waals surface area contributed by atoms with Crippen LogP contribution in [0.15, 0.2) is 35.4 Å². The van der Waals surface area contributed by atoms with E-state index in [0.29, 0.717) is 40.7 Å². The van der Waals surface area contributed by atoms with E-state index in [1.54, 1.807) is 11.7 Å². The summed E-state index contributed by atoms with van der Waals surface area (Å²) in [6.45, 7) is 5.95. The Labute approximate surface area is 225 Å². The first kappa shape index (κ1) is 26.1. The maximum atomic E-state index is 13.0. The fourth-order valence-corrected chi connectivity index (χ4v) is 4.94. The lowest BCUT2D eigenvalue weighted by atomic mass is 10.0. The van der Waals surface area contributed by atoms with Gasteiger partial charge in [0.1, 0.15) is 11.6 Å². The van der Waals surface area contributed by atoms with Crippen LogP contribution >= 0.6 is 0 Å². The van der Waals surface area contributed by atoms with Gasteiger partial charge in [0.25, 0.3) is 5.56 Å². The molecule has 0 spiro atoms. The Morgan fingerprint density at radius 2 is 1.95 bits per heavy atom. The SMILES string of the molecule is CCCc1nn(C)c2c(=O)nc(-c3cc(NC4CCN(c5ncc(C(=O)O)cn5)CC4)ccc3OCC)[nH]c12. The Balaban J connectivity index is 1.37. The molecule has 1 aliphatic rings. The maximum absolute atomic E-state index is 13.0. The first-order valence-corrected chi connectivity index (χ1v) is 13.2. The Kier molecular flexibility index (Phi) is 7.44. The molecular weight excluding hydrogens is 500 g/mol. The lowest BCUT2D eigenvalue weighted by molar-refractivity contribution is 0.0696. The maximum Gasteiger partial charge on any atom is 0.338 e. The van der Waals surface area contributed by atoms with Crippen LogP contribution in [0, 0.1) is 0 Å². The molecule has 12 nitrogen and oxygen atoms in total. The standard InChI is InChI=1S/C27H32N8O4/c1-4-6-20-22-23(34(3)33-20)25(36)32-24(31-22)19-13-18(7-8-21(19)39-5-2)30-17-9-11-35(12-10-17)27-28-14-16(15-29-27)26(37)38/h7-8,13-15,17,30H,4-6,9-12H2,1-3H3,(H,37,38)(H,31,32,36). The number of carbonyl (C=O) groups is 1. The molecule has 1 aliphatic heterocycles. The van der Waals surface area contributed by atoms with Gasteiger partial charge in [-0.05, 0) is 44.4 Å². The Hall–Kier alpha value is -4.48. The summed E-state index contributed by atoms with van der Waals surface area (Å²) in [5.41, 5.74) is 3.36. The van der Waals surface area contributed by atoms with Gasteiger partial charge in [-0.1, -0.05) is 13.3 Å². The van der Waals surface area contributed by atoms with Crippen molar-refractivity contribution in [2.24, 2.45) is 7.05 Å². The number of piperidine rings is 1. The van der Waals surface area contributed by atoms with Crippen molar-refractivity contribution in [2.75, 3.05) is 29.9 Å². The van der Waals surface area contributed by atoms with E-state index in [9.17, 15) is 9.59 Å². The lowest BCUT2D eigenvalue weighted by Gasteiger charge is -2.33. The molecule has 4 heterocycles. The number of aromatic amines is 1. The molecule has 1 fully saturated rings. The van der Waals surface area contributed by atoms with Crippen molar-refractivity contribution in [3.05, 3.63) is 52.2 Å². The molecule has 4 aromatic rings. The zero-order chi connectivity index (χ0) is 27.5. The highest BCUT2D eigenvalue weighted by molar-refractivity contribution is 5.86. The molecule has 204 valence electrons. The van der Waals surface area contributed by atoms with E-state index >= 15 is 0 Å². The van der Waals surface area contributed by atoms with Gasteiger partial charge in [0.15, 0.2) is 5.52 Å². The minimum Gasteiger partial charge on any atom is -0.493 e. The average molecular weight is 533 g/mol. The van der Waals surface area contributed by atoms with Gasteiger partial charge in [0, 0.05) is 44.3 Å². The molecule has 3 aromatic heterocycles. The molecule has 0 unspecified atom stereocenters. The fourth-order valence-electron chi connectivity index (χ4n) is 4.94. The summed E-state index contributed by atoms with van der Waals surface area (Å²) >= 11 is 0. The van der Waals surface area contributed by atoms with Gasteiger partial charge in [-0.2, -0.15) is 10.1 Å². The van der Waals surface area contributed by atoms with Crippen molar-refractivity contribution in [3.63, 3.8) is 0 Å². The van der Waals surface area contributed by atoms with E-state index in [-0.39, 0.29) is 17.2 Å². The van der Waals surface area contributed by atoms with Crippen LogP contribution in [-0.4, -0.2) is 66.5 Å². The summed E-state index contributed by atoms with van der Waals surface area (Å²) in [4.78, 5) is 42.2. The predicted octanol–water partition coefficient (Wildman–Crippen LogP) is 3.24. The topological polar surface area (TPSA) is 151 Å². The largest absolute Gasteiger partial charge is 0.493 e. The number of aromatic nitrogens is 6. The number of benzene rings is 1. The summed E-state index contributed by atoms with van der Waals surface area (Å²) in [6.07, 6.45) is 6.04. The normalized spacial score (nSPS) is 14.1. The van der Waals surface area contributed by atoms with Gasteiger partial charge < -0.3 is 25.0 Å². The third kappa shape index (κ3) is 5.40. The van der Waals surface area contributed by atoms with E-state index in [1.807, 2.05) is 25.1 Å². The summed E-state index contributed by atoms with van der Waals surface area (Å²) < 4.78 is 7.48. The van der Waals surface area contributed by atoms with Gasteiger partial charge in [-0.25, -0.2) is 14.8 Å². The van der Waals surface area contributed by atoms with Gasteiger partial charge in [-0.3, -0.25) is 9.48 Å². The number of nitrogens with one attached hydrogen (secondary N) is 2. The molecule has 39 heavy (non-hydrogen) atoms. The van der Waals surface area contributed by atoms with Crippen molar-refractivity contribution in [2.45, 2.75) is 45.6 Å². The minimum absolute atomic E-state index is 0.0710. The summed E-state index contributed by atoms with van der Waals surface area (Å²) in [6, 6.07) is 6.05. The van der Waals surface area contributed by atoms with E-state index in [4.69, 9.17) is 9.84 Å². The summed E-state index contributed by atoms with van der Waals surface area (Å²) in [7, 11) is 1.76. The first-order valence-electron chi connectivity index (χ1n) is 13.2. The highest BCUT2D eigenvalue weighted by atomic mass is 16.5. The summed E-state index contributed by atoms with van der Waals surface area (Å²) in [5, 5.41) is 17.2. The Morgan fingerprint density at radius 1 is 1.21 bits per heavy atom. The number of ether oxygens (including phenoxy) is 1. The minimum atomic E-state index is -1.04. The van der Waals surface area contributed by atoms with Crippen LogP contribution in [0.5, 0.6) is 5.75 Å².